The van der Waals surface area contributed by atoms with Crippen LogP contribution in [-0.2, 0) is 0 Å². The molecule has 156 valence electrons. The molecule has 7 heteroatoms. The smallest absolute Gasteiger partial charge is 0.191 e. The van der Waals surface area contributed by atoms with E-state index in [4.69, 9.17) is 4.99 Å². The molecule has 3 rings (SSSR count). The highest BCUT2D eigenvalue weighted by atomic mass is 19.1. The molecule has 1 aromatic heterocycles. The lowest BCUT2D eigenvalue weighted by Crippen LogP contribution is -2.46. The molecule has 1 aromatic rings. The fourth-order valence-electron chi connectivity index (χ4n) is 4.16. The third kappa shape index (κ3) is 5.56. The molecule has 2 N–H and O–H groups in total. The average Bonchev–Trinajstić information content (AvgIpc) is 3.14. The van der Waals surface area contributed by atoms with Gasteiger partial charge in [-0.25, -0.2) is 9.37 Å². The first-order chi connectivity index (χ1) is 13.6. The molecule has 2 aliphatic heterocycles. The molecular weight excluding hydrogens is 355 g/mol. The maximum absolute atomic E-state index is 14.0. The minimum absolute atomic E-state index is 0.240. The highest BCUT2D eigenvalue weighted by molar-refractivity contribution is 5.80. The minimum Gasteiger partial charge on any atom is -0.357 e. The van der Waals surface area contributed by atoms with Gasteiger partial charge < -0.3 is 15.5 Å². The number of nitrogens with one attached hydrogen (secondary N) is 2. The molecule has 3 heterocycles. The molecule has 0 saturated carbocycles. The van der Waals surface area contributed by atoms with Gasteiger partial charge in [-0.1, -0.05) is 6.92 Å². The fourth-order valence-corrected chi connectivity index (χ4v) is 4.16. The molecule has 6 nitrogen and oxygen atoms in total. The number of likely N-dealkylation sites (tertiary alicyclic amines) is 1. The Balaban J connectivity index is 1.54. The fraction of sp³-hybridized carbons (Fsp3) is 0.714. The Labute approximate surface area is 168 Å². The van der Waals surface area contributed by atoms with Gasteiger partial charge in [-0.3, -0.25) is 9.89 Å². The van der Waals surface area contributed by atoms with Crippen molar-refractivity contribution in [1.29, 1.82) is 0 Å². The Morgan fingerprint density at radius 3 is 2.96 bits per heavy atom. The van der Waals surface area contributed by atoms with Crippen LogP contribution in [0.5, 0.6) is 0 Å². The summed E-state index contributed by atoms with van der Waals surface area (Å²) in [7, 11) is 0. The van der Waals surface area contributed by atoms with Crippen molar-refractivity contribution in [1.82, 2.24) is 20.5 Å². The number of rotatable bonds is 6. The molecule has 2 fully saturated rings. The molecule has 2 saturated heterocycles. The van der Waals surface area contributed by atoms with Crippen LogP contribution in [0.4, 0.5) is 10.2 Å². The first kappa shape index (κ1) is 20.8. The Morgan fingerprint density at radius 1 is 1.36 bits per heavy atom. The number of hydrogen-bond donors (Lipinski definition) is 2. The lowest BCUT2D eigenvalue weighted by Gasteiger charge is -2.35. The van der Waals surface area contributed by atoms with Crippen molar-refractivity contribution >= 4 is 11.8 Å². The van der Waals surface area contributed by atoms with Gasteiger partial charge in [-0.2, -0.15) is 0 Å². The average molecular weight is 391 g/mol. The van der Waals surface area contributed by atoms with Crippen LogP contribution >= 0.6 is 0 Å². The van der Waals surface area contributed by atoms with Crippen LogP contribution in [0, 0.1) is 11.7 Å². The van der Waals surface area contributed by atoms with Gasteiger partial charge >= 0.3 is 0 Å². The molecule has 2 aliphatic rings. The summed E-state index contributed by atoms with van der Waals surface area (Å²) in [6, 6.07) is 3.79. The molecule has 3 unspecified atom stereocenters. The first-order valence-corrected chi connectivity index (χ1v) is 10.7. The number of nitrogens with zero attached hydrogens (tertiary/aromatic N) is 4. The van der Waals surface area contributed by atoms with Gasteiger partial charge in [0, 0.05) is 44.5 Å². The summed E-state index contributed by atoms with van der Waals surface area (Å²) < 4.78 is 14.0. The molecule has 3 atom stereocenters. The van der Waals surface area contributed by atoms with Crippen molar-refractivity contribution in [2.24, 2.45) is 10.9 Å². The zero-order valence-corrected chi connectivity index (χ0v) is 17.5. The lowest BCUT2D eigenvalue weighted by molar-refractivity contribution is 0.142. The van der Waals surface area contributed by atoms with Crippen LogP contribution in [0.15, 0.2) is 23.3 Å². The largest absolute Gasteiger partial charge is 0.357 e. The van der Waals surface area contributed by atoms with Crippen LogP contribution in [-0.4, -0.2) is 67.2 Å². The number of halogens is 1. The van der Waals surface area contributed by atoms with Gasteiger partial charge in [0.1, 0.15) is 0 Å². The second-order valence-electron chi connectivity index (χ2n) is 8.20. The topological polar surface area (TPSA) is 55.8 Å². The monoisotopic (exact) mass is 390 g/mol. The van der Waals surface area contributed by atoms with E-state index in [1.54, 1.807) is 12.3 Å². The maximum atomic E-state index is 14.0. The van der Waals surface area contributed by atoms with Crippen LogP contribution < -0.4 is 15.5 Å². The maximum Gasteiger partial charge on any atom is 0.191 e. The number of aliphatic imine (C=N–C) groups is 1. The SMILES string of the molecule is CCNC(=NCC(C)N1CCCC(C)C1)NC1CCN(c2ncccc2F)C1. The molecule has 28 heavy (non-hydrogen) atoms. The molecule has 0 radical (unpaired) electrons. The Morgan fingerprint density at radius 2 is 2.21 bits per heavy atom. The minimum atomic E-state index is -0.256. The summed E-state index contributed by atoms with van der Waals surface area (Å²) >= 11 is 0. The van der Waals surface area contributed by atoms with E-state index >= 15 is 0 Å². The van der Waals surface area contributed by atoms with Crippen molar-refractivity contribution in [3.05, 3.63) is 24.1 Å². The van der Waals surface area contributed by atoms with Crippen molar-refractivity contribution in [2.45, 2.75) is 52.1 Å². The number of hydrogen-bond acceptors (Lipinski definition) is 4. The predicted molar refractivity (Wildman–Crippen MR) is 113 cm³/mol. The van der Waals surface area contributed by atoms with Gasteiger partial charge in [-0.05, 0) is 57.7 Å². The van der Waals surface area contributed by atoms with Crippen LogP contribution in [0.2, 0.25) is 0 Å². The molecule has 0 aromatic carbocycles. The van der Waals surface area contributed by atoms with Gasteiger partial charge in [0.05, 0.1) is 6.54 Å². The Hall–Kier alpha value is -1.89. The predicted octanol–water partition coefficient (Wildman–Crippen LogP) is 2.47. The van der Waals surface area contributed by atoms with Crippen LogP contribution in [0.25, 0.3) is 0 Å². The molecular formula is C21H35FN6. The van der Waals surface area contributed by atoms with Crippen LogP contribution in [0.3, 0.4) is 0 Å². The number of aromatic nitrogens is 1. The van der Waals surface area contributed by atoms with Crippen LogP contribution in [0.1, 0.15) is 40.0 Å². The summed E-state index contributed by atoms with van der Waals surface area (Å²) in [4.78, 5) is 13.6. The van der Waals surface area contributed by atoms with Gasteiger partial charge in [0.25, 0.3) is 0 Å². The Bertz CT molecular complexity index is 652. The van der Waals surface area contributed by atoms with Crippen molar-refractivity contribution in [3.8, 4) is 0 Å². The molecule has 0 bridgehead atoms. The van der Waals surface area contributed by atoms with Crippen molar-refractivity contribution in [3.63, 3.8) is 0 Å². The summed E-state index contributed by atoms with van der Waals surface area (Å²) in [5, 5.41) is 6.89. The van der Waals surface area contributed by atoms with E-state index in [1.807, 2.05) is 4.90 Å². The molecule has 0 spiro atoms. The summed E-state index contributed by atoms with van der Waals surface area (Å²) in [5.41, 5.74) is 0. The third-order valence-electron chi connectivity index (χ3n) is 5.74. The summed E-state index contributed by atoms with van der Waals surface area (Å²) in [6.07, 6.45) is 5.22. The second kappa shape index (κ2) is 10.0. The van der Waals surface area contributed by atoms with E-state index in [1.165, 1.54) is 32.0 Å². The zero-order chi connectivity index (χ0) is 19.9. The van der Waals surface area contributed by atoms with E-state index in [2.05, 4.69) is 41.3 Å². The summed E-state index contributed by atoms with van der Waals surface area (Å²) in [5.74, 6) is 1.82. The normalized spacial score (nSPS) is 25.0. The highest BCUT2D eigenvalue weighted by Crippen LogP contribution is 2.21. The van der Waals surface area contributed by atoms with E-state index in [-0.39, 0.29) is 11.9 Å². The van der Waals surface area contributed by atoms with Crippen molar-refractivity contribution < 1.29 is 4.39 Å². The standard InChI is InChI=1S/C21H35FN6/c1-4-23-21(25-13-17(3)27-11-6-7-16(2)14-27)26-18-9-12-28(15-18)20-19(22)8-5-10-24-20/h5,8,10,16-18H,4,6-7,9,11-15H2,1-3H3,(H2,23,25,26). The number of pyridine rings is 1. The molecule has 0 amide bonds. The van der Waals surface area contributed by atoms with Crippen molar-refractivity contribution in [2.75, 3.05) is 44.2 Å². The third-order valence-corrected chi connectivity index (χ3v) is 5.74. The lowest BCUT2D eigenvalue weighted by atomic mass is 9.99. The van der Waals surface area contributed by atoms with Gasteiger partial charge in [0.2, 0.25) is 0 Å². The number of piperidine rings is 1. The van der Waals surface area contributed by atoms with Gasteiger partial charge in [0.15, 0.2) is 17.6 Å². The quantitative estimate of drug-likeness (QED) is 0.577. The first-order valence-electron chi connectivity index (χ1n) is 10.7. The number of anilines is 1. The Kier molecular flexibility index (Phi) is 7.48. The van der Waals surface area contributed by atoms with Gasteiger partial charge in [-0.15, -0.1) is 0 Å². The second-order valence-corrected chi connectivity index (χ2v) is 8.20. The number of guanidine groups is 1. The van der Waals surface area contributed by atoms with E-state index in [0.29, 0.717) is 11.9 Å². The van der Waals surface area contributed by atoms with E-state index in [9.17, 15) is 4.39 Å². The molecule has 0 aliphatic carbocycles. The zero-order valence-electron chi connectivity index (χ0n) is 17.5. The summed E-state index contributed by atoms with van der Waals surface area (Å²) in [6.45, 7) is 12.2. The highest BCUT2D eigenvalue weighted by Gasteiger charge is 2.26. The van der Waals surface area contributed by atoms with E-state index < -0.39 is 0 Å². The van der Waals surface area contributed by atoms with E-state index in [0.717, 1.165) is 44.5 Å².